The minimum Gasteiger partial charge on any atom is -0.497 e. The van der Waals surface area contributed by atoms with Gasteiger partial charge < -0.3 is 9.64 Å². The Hall–Kier alpha value is -2.80. The summed E-state index contributed by atoms with van der Waals surface area (Å²) in [5, 5.41) is 12.6. The number of quaternary nitrogens is 1. The molecule has 152 valence electrons. The maximum Gasteiger partial charge on any atom is 0.214 e. The molecule has 2 heterocycles. The second kappa shape index (κ2) is 8.69. The number of aromatic nitrogens is 4. The molecule has 1 aliphatic rings. The summed E-state index contributed by atoms with van der Waals surface area (Å²) in [5.41, 5.74) is 2.14. The molecule has 3 aromatic rings. The minimum atomic E-state index is -0.229. The van der Waals surface area contributed by atoms with E-state index in [1.54, 1.807) is 7.11 Å². The Kier molecular flexibility index (Phi) is 5.85. The molecule has 1 N–H and O–H groups in total. The summed E-state index contributed by atoms with van der Waals surface area (Å²) >= 11 is 0. The van der Waals surface area contributed by atoms with Crippen molar-refractivity contribution in [2.24, 2.45) is 5.92 Å². The molecule has 2 aromatic carbocycles. The van der Waals surface area contributed by atoms with Crippen LogP contribution in [0.4, 0.5) is 4.39 Å². The van der Waals surface area contributed by atoms with Crippen LogP contribution < -0.4 is 9.64 Å². The fraction of sp³-hybridized carbons (Fsp3) is 0.409. The zero-order chi connectivity index (χ0) is 20.2. The second-order valence-electron chi connectivity index (χ2n) is 7.87. The number of ether oxygens (including phenoxy) is 1. The van der Waals surface area contributed by atoms with Crippen LogP contribution in [0.2, 0.25) is 0 Å². The second-order valence-corrected chi connectivity index (χ2v) is 7.87. The molecule has 1 saturated heterocycles. The summed E-state index contributed by atoms with van der Waals surface area (Å²) in [7, 11) is 1.66. The van der Waals surface area contributed by atoms with Crippen molar-refractivity contribution < 1.29 is 14.0 Å². The SMILES string of the molecule is COc1ccc(Cn2nnnc2[C@H](c2ccc(F)cc2)[NH+]2CCC(C)CC2)cc1. The van der Waals surface area contributed by atoms with Crippen LogP contribution in [0.25, 0.3) is 0 Å². The third-order valence-electron chi connectivity index (χ3n) is 5.84. The van der Waals surface area contributed by atoms with E-state index < -0.39 is 0 Å². The number of benzene rings is 2. The van der Waals surface area contributed by atoms with Crippen molar-refractivity contribution in [1.29, 1.82) is 0 Å². The number of rotatable bonds is 6. The Labute approximate surface area is 170 Å². The van der Waals surface area contributed by atoms with Crippen LogP contribution in [0.5, 0.6) is 5.75 Å². The zero-order valence-electron chi connectivity index (χ0n) is 16.9. The maximum atomic E-state index is 13.6. The van der Waals surface area contributed by atoms with Gasteiger partial charge in [0.05, 0.1) is 26.7 Å². The molecule has 29 heavy (non-hydrogen) atoms. The first-order valence-electron chi connectivity index (χ1n) is 10.1. The normalized spacial score (nSPS) is 20.4. The number of hydrogen-bond acceptors (Lipinski definition) is 4. The van der Waals surface area contributed by atoms with Gasteiger partial charge in [0.25, 0.3) is 0 Å². The Morgan fingerprint density at radius 1 is 1.10 bits per heavy atom. The number of nitrogens with one attached hydrogen (secondary N) is 1. The Bertz CT molecular complexity index is 917. The number of methoxy groups -OCH3 is 1. The van der Waals surface area contributed by atoms with E-state index in [0.29, 0.717) is 6.54 Å². The Morgan fingerprint density at radius 3 is 2.45 bits per heavy atom. The molecule has 0 aliphatic carbocycles. The number of nitrogens with zero attached hydrogens (tertiary/aromatic N) is 4. The number of likely N-dealkylation sites (tertiary alicyclic amines) is 1. The van der Waals surface area contributed by atoms with Crippen LogP contribution in [-0.4, -0.2) is 40.4 Å². The first-order valence-corrected chi connectivity index (χ1v) is 10.1. The highest BCUT2D eigenvalue weighted by molar-refractivity contribution is 5.28. The number of halogens is 1. The van der Waals surface area contributed by atoms with Crippen LogP contribution in [0, 0.1) is 11.7 Å². The van der Waals surface area contributed by atoms with E-state index in [0.717, 1.165) is 41.7 Å². The standard InChI is InChI=1S/C22H26FN5O/c1-16-11-13-27(14-12-16)21(18-5-7-19(23)8-6-18)22-24-25-26-28(22)15-17-3-9-20(29-2)10-4-17/h3-10,16,21H,11-15H2,1-2H3/p+1/t21-/m0/s1. The van der Waals surface area contributed by atoms with Crippen molar-refractivity contribution in [1.82, 2.24) is 20.2 Å². The lowest BCUT2D eigenvalue weighted by molar-refractivity contribution is -0.932. The molecule has 0 amide bonds. The van der Waals surface area contributed by atoms with Gasteiger partial charge in [-0.2, -0.15) is 0 Å². The summed E-state index contributed by atoms with van der Waals surface area (Å²) in [4.78, 5) is 1.43. The molecular formula is C22H27FN5O+. The smallest absolute Gasteiger partial charge is 0.214 e. The molecule has 1 fully saturated rings. The van der Waals surface area contributed by atoms with E-state index in [-0.39, 0.29) is 11.9 Å². The van der Waals surface area contributed by atoms with Gasteiger partial charge in [0.1, 0.15) is 11.6 Å². The number of hydrogen-bond donors (Lipinski definition) is 1. The fourth-order valence-corrected chi connectivity index (χ4v) is 4.08. The molecule has 0 bridgehead atoms. The molecule has 1 aliphatic heterocycles. The number of piperidine rings is 1. The maximum absolute atomic E-state index is 13.6. The lowest BCUT2D eigenvalue weighted by atomic mass is 9.95. The van der Waals surface area contributed by atoms with Gasteiger partial charge in [-0.1, -0.05) is 19.1 Å². The predicted molar refractivity (Wildman–Crippen MR) is 107 cm³/mol. The summed E-state index contributed by atoms with van der Waals surface area (Å²) in [5.74, 6) is 2.15. The van der Waals surface area contributed by atoms with E-state index in [1.807, 2.05) is 41.1 Å². The van der Waals surface area contributed by atoms with Crippen LogP contribution >= 0.6 is 0 Å². The lowest BCUT2D eigenvalue weighted by Crippen LogP contribution is -3.13. The van der Waals surface area contributed by atoms with Crippen LogP contribution in [0.1, 0.15) is 42.8 Å². The van der Waals surface area contributed by atoms with Crippen molar-refractivity contribution in [2.45, 2.75) is 32.4 Å². The Morgan fingerprint density at radius 2 is 1.79 bits per heavy atom. The van der Waals surface area contributed by atoms with Gasteiger partial charge in [0.15, 0.2) is 6.04 Å². The monoisotopic (exact) mass is 396 g/mol. The molecule has 0 radical (unpaired) electrons. The van der Waals surface area contributed by atoms with E-state index in [9.17, 15) is 4.39 Å². The molecular weight excluding hydrogens is 369 g/mol. The van der Waals surface area contributed by atoms with E-state index >= 15 is 0 Å². The van der Waals surface area contributed by atoms with E-state index in [2.05, 4.69) is 22.4 Å². The molecule has 0 saturated carbocycles. The van der Waals surface area contributed by atoms with Crippen molar-refractivity contribution in [2.75, 3.05) is 20.2 Å². The molecule has 4 rings (SSSR count). The van der Waals surface area contributed by atoms with Crippen LogP contribution in [-0.2, 0) is 6.54 Å². The van der Waals surface area contributed by atoms with Gasteiger partial charge in [0, 0.05) is 5.56 Å². The largest absolute Gasteiger partial charge is 0.497 e. The summed E-state index contributed by atoms with van der Waals surface area (Å²) in [6.45, 7) is 4.99. The van der Waals surface area contributed by atoms with Gasteiger partial charge in [-0.05, 0) is 71.1 Å². The molecule has 1 aromatic heterocycles. The third-order valence-corrected chi connectivity index (χ3v) is 5.84. The molecule has 6 nitrogen and oxygen atoms in total. The quantitative estimate of drug-likeness (QED) is 0.695. The summed E-state index contributed by atoms with van der Waals surface area (Å²) < 4.78 is 20.7. The van der Waals surface area contributed by atoms with E-state index in [4.69, 9.17) is 4.74 Å². The van der Waals surface area contributed by atoms with Crippen molar-refractivity contribution >= 4 is 0 Å². The van der Waals surface area contributed by atoms with E-state index in [1.165, 1.54) is 29.9 Å². The average Bonchev–Trinajstić information content (AvgIpc) is 3.19. The Balaban J connectivity index is 1.65. The van der Waals surface area contributed by atoms with Crippen LogP contribution in [0.15, 0.2) is 48.5 Å². The van der Waals surface area contributed by atoms with Gasteiger partial charge in [-0.25, -0.2) is 9.07 Å². The molecule has 0 unspecified atom stereocenters. The van der Waals surface area contributed by atoms with Gasteiger partial charge >= 0.3 is 0 Å². The predicted octanol–water partition coefficient (Wildman–Crippen LogP) is 2.27. The highest BCUT2D eigenvalue weighted by Crippen LogP contribution is 2.21. The third kappa shape index (κ3) is 4.45. The van der Waals surface area contributed by atoms with Crippen molar-refractivity contribution in [3.63, 3.8) is 0 Å². The zero-order valence-corrected chi connectivity index (χ0v) is 16.9. The molecule has 0 spiro atoms. The van der Waals surface area contributed by atoms with Gasteiger partial charge in [-0.15, -0.1) is 5.10 Å². The highest BCUT2D eigenvalue weighted by Gasteiger charge is 2.33. The summed E-state index contributed by atoms with van der Waals surface area (Å²) in [6.07, 6.45) is 2.35. The average molecular weight is 396 g/mol. The topological polar surface area (TPSA) is 57.3 Å². The van der Waals surface area contributed by atoms with Gasteiger partial charge in [0.2, 0.25) is 5.82 Å². The first kappa shape index (κ1) is 19.5. The minimum absolute atomic E-state index is 0.0173. The molecule has 1 atom stereocenters. The van der Waals surface area contributed by atoms with Crippen molar-refractivity contribution in [3.05, 3.63) is 71.3 Å². The molecule has 7 heteroatoms. The van der Waals surface area contributed by atoms with Crippen molar-refractivity contribution in [3.8, 4) is 5.75 Å². The highest BCUT2D eigenvalue weighted by atomic mass is 19.1. The van der Waals surface area contributed by atoms with Gasteiger partial charge in [-0.3, -0.25) is 0 Å². The lowest BCUT2D eigenvalue weighted by Gasteiger charge is -2.33. The fourth-order valence-electron chi connectivity index (χ4n) is 4.08. The first-order chi connectivity index (χ1) is 14.1. The number of tetrazole rings is 1. The van der Waals surface area contributed by atoms with Crippen LogP contribution in [0.3, 0.4) is 0 Å². The summed E-state index contributed by atoms with van der Waals surface area (Å²) in [6, 6.07) is 14.7.